The highest BCUT2D eigenvalue weighted by Crippen LogP contribution is 2.70. The zero-order valence-electron chi connectivity index (χ0n) is 45.6. The van der Waals surface area contributed by atoms with Gasteiger partial charge in [-0.25, -0.2) is 12.5 Å². The van der Waals surface area contributed by atoms with Gasteiger partial charge in [0.2, 0.25) is 0 Å². The lowest BCUT2D eigenvalue weighted by molar-refractivity contribution is -0.157. The van der Waals surface area contributed by atoms with Crippen molar-refractivity contribution in [1.82, 2.24) is 0 Å². The van der Waals surface area contributed by atoms with E-state index in [2.05, 4.69) is 48.5 Å². The lowest BCUT2D eigenvalue weighted by atomic mass is 9.47. The van der Waals surface area contributed by atoms with Gasteiger partial charge in [-0.2, -0.15) is 25.3 Å². The molecule has 0 aromatic carbocycles. The Kier molecular flexibility index (Phi) is 14.5. The first-order valence-corrected chi connectivity index (χ1v) is 32.5. The fourth-order valence-corrected chi connectivity index (χ4v) is 22.3. The first-order chi connectivity index (χ1) is 34.5. The number of fused-ring (bicyclic) bond motifs is 10. The third-order valence-corrected chi connectivity index (χ3v) is 25.5. The van der Waals surface area contributed by atoms with Crippen molar-refractivity contribution in [3.63, 3.8) is 0 Å². The van der Waals surface area contributed by atoms with Crippen molar-refractivity contribution in [2.75, 3.05) is 0 Å². The summed E-state index contributed by atoms with van der Waals surface area (Å²) in [7, 11) is -14.6. The minimum Gasteiger partial charge on any atom is -0.390 e. The van der Waals surface area contributed by atoms with Gasteiger partial charge in [0.05, 0.1) is 48.3 Å². The van der Waals surface area contributed by atoms with Gasteiger partial charge in [-0.15, -0.1) is 0 Å². The van der Waals surface area contributed by atoms with Gasteiger partial charge in [0, 0.05) is 5.92 Å². The SMILES string of the molecule is CC(CCC1OC(C(C)C2CCC3C4=C(CCC32C)C2(C)CC(O)C(O)C(C)C2C(OS(=O)(=O)O)C4)CC2CC1(O)CC2(C)C)C1CCC2=C3CC(OS(=O)(=O)O)C4CC(O)C(OS(=O)(=O)O)CC4(C)C3CCC21C. The highest BCUT2D eigenvalue weighted by atomic mass is 32.3. The summed E-state index contributed by atoms with van der Waals surface area (Å²) in [6.45, 7) is 19.8. The zero-order valence-corrected chi connectivity index (χ0v) is 48.0. The summed E-state index contributed by atoms with van der Waals surface area (Å²) in [6.07, 6.45) is 4.54. The average molecular weight is 1120 g/mol. The van der Waals surface area contributed by atoms with Crippen LogP contribution >= 0.6 is 0 Å². The van der Waals surface area contributed by atoms with Gasteiger partial charge < -0.3 is 25.2 Å². The molecule has 10 aliphatic rings. The van der Waals surface area contributed by atoms with Crippen molar-refractivity contribution in [3.05, 3.63) is 22.3 Å². The Labute approximate surface area is 446 Å². The molecule has 23 unspecified atom stereocenters. The molecule has 1 aliphatic heterocycles. The Morgan fingerprint density at radius 3 is 1.92 bits per heavy atom. The maximum atomic E-state index is 12.8. The van der Waals surface area contributed by atoms with E-state index in [0.717, 1.165) is 69.8 Å². The number of aliphatic hydroxyl groups excluding tert-OH is 3. The molecule has 0 radical (unpaired) electrons. The Hall–Kier alpha value is -1.11. The molecular formula is C55H88O17S3. The smallest absolute Gasteiger partial charge is 0.390 e. The van der Waals surface area contributed by atoms with E-state index < -0.39 is 102 Å². The molecule has 23 atom stereocenters. The highest BCUT2D eigenvalue weighted by molar-refractivity contribution is 7.81. The van der Waals surface area contributed by atoms with Crippen LogP contribution in [-0.2, 0) is 48.5 Å². The van der Waals surface area contributed by atoms with E-state index in [1.54, 1.807) is 0 Å². The van der Waals surface area contributed by atoms with E-state index in [9.17, 15) is 59.3 Å². The number of allylic oxidation sites excluding steroid dienone is 2. The molecule has 0 amide bonds. The van der Waals surface area contributed by atoms with Crippen molar-refractivity contribution < 1.29 is 76.6 Å². The molecule has 7 N–H and O–H groups in total. The van der Waals surface area contributed by atoms with E-state index in [-0.39, 0.29) is 95.6 Å². The molecule has 1 heterocycles. The zero-order chi connectivity index (χ0) is 54.8. The van der Waals surface area contributed by atoms with Crippen LogP contribution in [0, 0.1) is 86.3 Å². The van der Waals surface area contributed by atoms with Crippen LogP contribution in [0.2, 0.25) is 0 Å². The Bertz CT molecular complexity index is 2660. The van der Waals surface area contributed by atoms with Crippen LogP contribution in [0.4, 0.5) is 0 Å². The second-order valence-corrected chi connectivity index (χ2v) is 31.3. The predicted octanol–water partition coefficient (Wildman–Crippen LogP) is 8.14. The van der Waals surface area contributed by atoms with E-state index in [4.69, 9.17) is 17.3 Å². The molecule has 2 bridgehead atoms. The van der Waals surface area contributed by atoms with Crippen LogP contribution in [-0.4, -0.2) is 114 Å². The van der Waals surface area contributed by atoms with Crippen LogP contribution in [0.3, 0.4) is 0 Å². The molecule has 20 heteroatoms. The molecule has 7 fully saturated rings. The second kappa shape index (κ2) is 19.0. The van der Waals surface area contributed by atoms with E-state index in [1.807, 2.05) is 13.8 Å². The summed E-state index contributed by atoms with van der Waals surface area (Å²) in [6, 6.07) is 0. The number of aliphatic hydroxyl groups is 4. The minimum atomic E-state index is -4.90. The summed E-state index contributed by atoms with van der Waals surface area (Å²) in [5, 5.41) is 46.0. The minimum absolute atomic E-state index is 0.0311. The molecule has 10 rings (SSSR count). The van der Waals surface area contributed by atoms with E-state index in [0.29, 0.717) is 25.7 Å². The molecule has 17 nitrogen and oxygen atoms in total. The first kappa shape index (κ1) is 57.1. The fourth-order valence-electron chi connectivity index (χ4n) is 20.8. The first-order valence-electron chi connectivity index (χ1n) is 28.4. The Morgan fingerprint density at radius 2 is 1.27 bits per heavy atom. The van der Waals surface area contributed by atoms with Gasteiger partial charge in [-0.3, -0.25) is 13.7 Å². The normalized spacial score (nSPS) is 49.4. The quantitative estimate of drug-likeness (QED) is 0.0717. The van der Waals surface area contributed by atoms with Crippen molar-refractivity contribution >= 4 is 31.2 Å². The van der Waals surface area contributed by atoms with Crippen LogP contribution in [0.25, 0.3) is 0 Å². The summed E-state index contributed by atoms with van der Waals surface area (Å²) in [4.78, 5) is 0. The maximum absolute atomic E-state index is 12.8. The van der Waals surface area contributed by atoms with Gasteiger partial charge in [0.1, 0.15) is 6.10 Å². The van der Waals surface area contributed by atoms with Crippen molar-refractivity contribution in [1.29, 1.82) is 0 Å². The molecule has 1 saturated heterocycles. The molecule has 0 aromatic heterocycles. The molecular weight excluding hydrogens is 1030 g/mol. The van der Waals surface area contributed by atoms with Gasteiger partial charge in [-0.05, 0) is 196 Å². The molecule has 9 aliphatic carbocycles. The molecule has 0 aromatic rings. The van der Waals surface area contributed by atoms with Crippen molar-refractivity contribution in [2.24, 2.45) is 86.3 Å². The fraction of sp³-hybridized carbons (Fsp3) is 0.927. The summed E-state index contributed by atoms with van der Waals surface area (Å²) >= 11 is 0. The molecule has 428 valence electrons. The Morgan fingerprint density at radius 1 is 0.667 bits per heavy atom. The third kappa shape index (κ3) is 9.74. The van der Waals surface area contributed by atoms with Crippen molar-refractivity contribution in [2.45, 2.75) is 232 Å². The van der Waals surface area contributed by atoms with Gasteiger partial charge >= 0.3 is 31.2 Å². The molecule has 0 spiro atoms. The number of hydrogen-bond donors (Lipinski definition) is 7. The highest BCUT2D eigenvalue weighted by Gasteiger charge is 2.65. The lowest BCUT2D eigenvalue weighted by Gasteiger charge is -2.59. The summed E-state index contributed by atoms with van der Waals surface area (Å²) < 4.78 is 126. The summed E-state index contributed by atoms with van der Waals surface area (Å²) in [5.41, 5.74) is 1.93. The average Bonchev–Trinajstić information content (AvgIpc) is 3.85. The van der Waals surface area contributed by atoms with Gasteiger partial charge in [-0.1, -0.05) is 84.6 Å². The predicted molar refractivity (Wildman–Crippen MR) is 276 cm³/mol. The standard InChI is InChI=1S/C55H88O17S3/c1-28(34-11-13-36-32-21-44(70-73(60,61)62)40-23-41(56)46(72-75(66,67)68)26-53(40,8)38(32)16-18-51(34,36)6)10-15-47-55(59)24-31(50(4,5)27-55)20-43(69-47)29(2)35-12-14-37-33-22-45(71-74(63,64)65)48-30(3)49(58)42(57)25-54(48,9)39(33)17-19-52(35,37)7/h28-31,34-35,37-38,40-49,56-59H,10-27H2,1-9H3,(H,60,61,62)(H,63,64,65)(H,66,67,68). The maximum Gasteiger partial charge on any atom is 0.397 e. The van der Waals surface area contributed by atoms with E-state index >= 15 is 0 Å². The number of rotatable bonds is 12. The number of ether oxygens (including phenoxy) is 1. The molecule has 75 heavy (non-hydrogen) atoms. The number of hydrogen-bond acceptors (Lipinski definition) is 14. The van der Waals surface area contributed by atoms with Crippen LogP contribution in [0.5, 0.6) is 0 Å². The van der Waals surface area contributed by atoms with Crippen LogP contribution in [0.15, 0.2) is 22.3 Å². The Balaban J connectivity index is 0.883. The monoisotopic (exact) mass is 1120 g/mol. The van der Waals surface area contributed by atoms with Crippen molar-refractivity contribution in [3.8, 4) is 0 Å². The van der Waals surface area contributed by atoms with E-state index in [1.165, 1.54) is 16.7 Å². The third-order valence-electron chi connectivity index (χ3n) is 24.0. The lowest BCUT2D eigenvalue weighted by Crippen LogP contribution is -2.59. The molecule has 6 saturated carbocycles. The largest absolute Gasteiger partial charge is 0.397 e. The van der Waals surface area contributed by atoms with Gasteiger partial charge in [0.15, 0.2) is 0 Å². The van der Waals surface area contributed by atoms with Crippen LogP contribution < -0.4 is 0 Å². The summed E-state index contributed by atoms with van der Waals surface area (Å²) in [5.74, 6) is -0.165. The van der Waals surface area contributed by atoms with Crippen LogP contribution in [0.1, 0.15) is 178 Å². The van der Waals surface area contributed by atoms with Gasteiger partial charge in [0.25, 0.3) is 0 Å². The second-order valence-electron chi connectivity index (χ2n) is 28.2. The topological polar surface area (TPSA) is 281 Å².